The summed E-state index contributed by atoms with van der Waals surface area (Å²) in [5.41, 5.74) is 1.36. The molecule has 0 radical (unpaired) electrons. The van der Waals surface area contributed by atoms with Gasteiger partial charge in [-0.25, -0.2) is 0 Å². The molecular weight excluding hydrogens is 266 g/mol. The molecule has 108 valence electrons. The molecule has 0 unspecified atom stereocenters. The standard InChI is InChI=1S/C17H23NOS/c1-2-16(14-19)18(13-17-9-6-12-20-17)11-10-15-7-4-3-5-8-15/h3-9,12,16,19H,2,10-11,13-14H2,1H3/t16-/m0/s1. The SMILES string of the molecule is CC[C@@H](CO)N(CCc1ccccc1)Cc1cccs1. The van der Waals surface area contributed by atoms with E-state index in [-0.39, 0.29) is 12.6 Å². The number of benzene rings is 1. The first-order valence-electron chi connectivity index (χ1n) is 7.24. The average Bonchev–Trinajstić information content (AvgIpc) is 3.00. The fraction of sp³-hybridized carbons (Fsp3) is 0.412. The van der Waals surface area contributed by atoms with Gasteiger partial charge in [0.1, 0.15) is 0 Å². The molecular formula is C17H23NOS. The maximum Gasteiger partial charge on any atom is 0.0586 e. The van der Waals surface area contributed by atoms with E-state index in [2.05, 4.69) is 59.7 Å². The van der Waals surface area contributed by atoms with Gasteiger partial charge in [-0.05, 0) is 29.9 Å². The summed E-state index contributed by atoms with van der Waals surface area (Å²) in [6, 6.07) is 15.1. The first-order valence-corrected chi connectivity index (χ1v) is 8.12. The Bertz CT molecular complexity index is 465. The van der Waals surface area contributed by atoms with Crippen molar-refractivity contribution < 1.29 is 5.11 Å². The number of hydrogen-bond donors (Lipinski definition) is 1. The molecule has 2 aromatic rings. The van der Waals surface area contributed by atoms with E-state index in [1.807, 2.05) is 0 Å². The molecule has 0 spiro atoms. The van der Waals surface area contributed by atoms with E-state index >= 15 is 0 Å². The minimum atomic E-state index is 0.233. The Hall–Kier alpha value is -1.16. The molecule has 0 amide bonds. The Morgan fingerprint density at radius 2 is 1.95 bits per heavy atom. The average molecular weight is 289 g/mol. The minimum absolute atomic E-state index is 0.233. The second kappa shape index (κ2) is 8.20. The molecule has 0 aliphatic rings. The highest BCUT2D eigenvalue weighted by atomic mass is 32.1. The molecule has 1 N–H and O–H groups in total. The lowest BCUT2D eigenvalue weighted by molar-refractivity contribution is 0.115. The second-order valence-corrected chi connectivity index (χ2v) is 6.06. The molecule has 1 aromatic heterocycles. The Balaban J connectivity index is 1.98. The van der Waals surface area contributed by atoms with Crippen LogP contribution in [-0.2, 0) is 13.0 Å². The summed E-state index contributed by atoms with van der Waals surface area (Å²) < 4.78 is 0. The van der Waals surface area contributed by atoms with E-state index in [1.54, 1.807) is 11.3 Å². The van der Waals surface area contributed by atoms with E-state index in [0.29, 0.717) is 0 Å². The first-order chi connectivity index (χ1) is 9.83. The van der Waals surface area contributed by atoms with Crippen molar-refractivity contribution in [1.29, 1.82) is 0 Å². The summed E-state index contributed by atoms with van der Waals surface area (Å²) in [7, 11) is 0. The lowest BCUT2D eigenvalue weighted by atomic mass is 10.1. The van der Waals surface area contributed by atoms with Crippen LogP contribution >= 0.6 is 11.3 Å². The highest BCUT2D eigenvalue weighted by molar-refractivity contribution is 7.09. The van der Waals surface area contributed by atoms with E-state index in [4.69, 9.17) is 0 Å². The highest BCUT2D eigenvalue weighted by Gasteiger charge is 2.16. The molecule has 2 rings (SSSR count). The number of nitrogens with zero attached hydrogens (tertiary/aromatic N) is 1. The van der Waals surface area contributed by atoms with Gasteiger partial charge in [0.15, 0.2) is 0 Å². The molecule has 0 aliphatic heterocycles. The number of thiophene rings is 1. The van der Waals surface area contributed by atoms with Gasteiger partial charge in [-0.1, -0.05) is 43.3 Å². The second-order valence-electron chi connectivity index (χ2n) is 5.03. The summed E-state index contributed by atoms with van der Waals surface area (Å²) in [6.07, 6.45) is 2.01. The van der Waals surface area contributed by atoms with Gasteiger partial charge in [0, 0.05) is 24.0 Å². The van der Waals surface area contributed by atoms with E-state index in [9.17, 15) is 5.11 Å². The third-order valence-electron chi connectivity index (χ3n) is 3.67. The zero-order valence-corrected chi connectivity index (χ0v) is 12.9. The zero-order chi connectivity index (χ0) is 14.2. The maximum atomic E-state index is 9.58. The van der Waals surface area contributed by atoms with Crippen molar-refractivity contribution in [3.8, 4) is 0 Å². The van der Waals surface area contributed by atoms with Crippen LogP contribution in [0.5, 0.6) is 0 Å². The summed E-state index contributed by atoms with van der Waals surface area (Å²) in [5.74, 6) is 0. The van der Waals surface area contributed by atoms with Crippen LogP contribution < -0.4 is 0 Å². The van der Waals surface area contributed by atoms with Crippen molar-refractivity contribution in [1.82, 2.24) is 4.90 Å². The largest absolute Gasteiger partial charge is 0.395 e. The van der Waals surface area contributed by atoms with Gasteiger partial charge < -0.3 is 5.11 Å². The number of aliphatic hydroxyl groups is 1. The van der Waals surface area contributed by atoms with Crippen molar-refractivity contribution in [3.63, 3.8) is 0 Å². The molecule has 3 heteroatoms. The number of hydrogen-bond acceptors (Lipinski definition) is 3. The van der Waals surface area contributed by atoms with E-state index in [0.717, 1.165) is 25.9 Å². The van der Waals surface area contributed by atoms with E-state index in [1.165, 1.54) is 10.4 Å². The molecule has 20 heavy (non-hydrogen) atoms. The van der Waals surface area contributed by atoms with Crippen molar-refractivity contribution in [2.45, 2.75) is 32.4 Å². The van der Waals surface area contributed by atoms with Crippen molar-refractivity contribution in [2.75, 3.05) is 13.2 Å². The Labute approximate surface area is 125 Å². The summed E-state index contributed by atoms with van der Waals surface area (Å²) >= 11 is 1.79. The van der Waals surface area contributed by atoms with Crippen LogP contribution in [0.1, 0.15) is 23.8 Å². The fourth-order valence-electron chi connectivity index (χ4n) is 2.41. The minimum Gasteiger partial charge on any atom is -0.395 e. The smallest absolute Gasteiger partial charge is 0.0586 e. The molecule has 0 bridgehead atoms. The zero-order valence-electron chi connectivity index (χ0n) is 12.0. The third-order valence-corrected chi connectivity index (χ3v) is 4.53. The molecule has 2 nitrogen and oxygen atoms in total. The van der Waals surface area contributed by atoms with Crippen molar-refractivity contribution in [3.05, 3.63) is 58.3 Å². The van der Waals surface area contributed by atoms with Crippen molar-refractivity contribution in [2.24, 2.45) is 0 Å². The lowest BCUT2D eigenvalue weighted by Crippen LogP contribution is -2.38. The fourth-order valence-corrected chi connectivity index (χ4v) is 3.14. The van der Waals surface area contributed by atoms with Crippen LogP contribution in [0.25, 0.3) is 0 Å². The number of rotatable bonds is 8. The van der Waals surface area contributed by atoms with Gasteiger partial charge in [-0.15, -0.1) is 11.3 Å². The van der Waals surface area contributed by atoms with Crippen LogP contribution in [0.15, 0.2) is 47.8 Å². The summed E-state index contributed by atoms with van der Waals surface area (Å²) in [6.45, 7) is 4.30. The molecule has 1 aromatic carbocycles. The molecule has 0 fully saturated rings. The predicted octanol–water partition coefficient (Wildman–Crippen LogP) is 3.56. The predicted molar refractivity (Wildman–Crippen MR) is 86.0 cm³/mol. The highest BCUT2D eigenvalue weighted by Crippen LogP contribution is 2.16. The van der Waals surface area contributed by atoms with Crippen LogP contribution in [0.4, 0.5) is 0 Å². The molecule has 1 atom stereocenters. The van der Waals surface area contributed by atoms with Crippen LogP contribution in [-0.4, -0.2) is 29.2 Å². The van der Waals surface area contributed by atoms with Gasteiger partial charge in [-0.3, -0.25) is 4.90 Å². The maximum absolute atomic E-state index is 9.58. The first kappa shape index (κ1) is 15.2. The molecule has 0 aliphatic carbocycles. The van der Waals surface area contributed by atoms with Crippen molar-refractivity contribution >= 4 is 11.3 Å². The molecule has 0 saturated carbocycles. The quantitative estimate of drug-likeness (QED) is 0.803. The third kappa shape index (κ3) is 4.44. The molecule has 0 saturated heterocycles. The van der Waals surface area contributed by atoms with E-state index < -0.39 is 0 Å². The Kier molecular flexibility index (Phi) is 6.25. The van der Waals surface area contributed by atoms with Gasteiger partial charge in [-0.2, -0.15) is 0 Å². The van der Waals surface area contributed by atoms with Crippen LogP contribution in [0.2, 0.25) is 0 Å². The number of aliphatic hydroxyl groups excluding tert-OH is 1. The Morgan fingerprint density at radius 1 is 1.15 bits per heavy atom. The van der Waals surface area contributed by atoms with Crippen LogP contribution in [0.3, 0.4) is 0 Å². The monoisotopic (exact) mass is 289 g/mol. The summed E-state index contributed by atoms with van der Waals surface area (Å²) in [4.78, 5) is 3.77. The topological polar surface area (TPSA) is 23.5 Å². The van der Waals surface area contributed by atoms with Crippen LogP contribution in [0, 0.1) is 0 Å². The van der Waals surface area contributed by atoms with Gasteiger partial charge in [0.25, 0.3) is 0 Å². The molecule has 1 heterocycles. The van der Waals surface area contributed by atoms with Gasteiger partial charge in [0.05, 0.1) is 6.61 Å². The van der Waals surface area contributed by atoms with Gasteiger partial charge in [0.2, 0.25) is 0 Å². The summed E-state index contributed by atoms with van der Waals surface area (Å²) in [5, 5.41) is 11.7. The Morgan fingerprint density at radius 3 is 2.55 bits per heavy atom. The normalized spacial score (nSPS) is 12.8. The lowest BCUT2D eigenvalue weighted by Gasteiger charge is -2.29. The van der Waals surface area contributed by atoms with Gasteiger partial charge >= 0.3 is 0 Å².